The first-order chi connectivity index (χ1) is 11.3. The van der Waals surface area contributed by atoms with Gasteiger partial charge in [0.15, 0.2) is 0 Å². The predicted molar refractivity (Wildman–Crippen MR) is 95.8 cm³/mol. The lowest BCUT2D eigenvalue weighted by Crippen LogP contribution is -1.89. The molecule has 23 heavy (non-hydrogen) atoms. The Labute approximate surface area is 137 Å². The van der Waals surface area contributed by atoms with Gasteiger partial charge in [-0.1, -0.05) is 19.8 Å². The van der Waals surface area contributed by atoms with Gasteiger partial charge in [-0.2, -0.15) is 0 Å². The molecule has 2 aromatic heterocycles. The molecule has 0 unspecified atom stereocenters. The lowest BCUT2D eigenvalue weighted by molar-refractivity contribution is 0.414. The van der Waals surface area contributed by atoms with Crippen molar-refractivity contribution in [2.75, 3.05) is 7.11 Å². The highest BCUT2D eigenvalue weighted by atomic mass is 16.5. The SMILES string of the molecule is CCCCCC1=N/C(=C\c2[nH]c(-c3ccc[nH]3)cc2OC)C=C1. The number of aromatic amines is 2. The fourth-order valence-corrected chi connectivity index (χ4v) is 2.72. The summed E-state index contributed by atoms with van der Waals surface area (Å²) in [4.78, 5) is 11.3. The number of unbranched alkanes of at least 4 members (excludes halogenated alkanes) is 2. The number of ether oxygens (including phenoxy) is 1. The van der Waals surface area contributed by atoms with Crippen molar-refractivity contribution in [3.63, 3.8) is 0 Å². The average molecular weight is 309 g/mol. The van der Waals surface area contributed by atoms with E-state index in [4.69, 9.17) is 4.74 Å². The lowest BCUT2D eigenvalue weighted by atomic mass is 10.1. The number of rotatable bonds is 7. The Balaban J connectivity index is 1.78. The van der Waals surface area contributed by atoms with Gasteiger partial charge in [0, 0.05) is 18.0 Å². The molecule has 0 bridgehead atoms. The van der Waals surface area contributed by atoms with Crippen LogP contribution in [0.1, 0.15) is 38.3 Å². The van der Waals surface area contributed by atoms with E-state index in [9.17, 15) is 0 Å². The molecule has 0 radical (unpaired) electrons. The van der Waals surface area contributed by atoms with Gasteiger partial charge in [0.25, 0.3) is 0 Å². The van der Waals surface area contributed by atoms with Crippen LogP contribution in [0.15, 0.2) is 47.2 Å². The Morgan fingerprint density at radius 2 is 2.13 bits per heavy atom. The second-order valence-electron chi connectivity index (χ2n) is 5.71. The van der Waals surface area contributed by atoms with Crippen LogP contribution in [-0.4, -0.2) is 22.8 Å². The van der Waals surface area contributed by atoms with E-state index >= 15 is 0 Å². The fourth-order valence-electron chi connectivity index (χ4n) is 2.72. The molecule has 0 saturated heterocycles. The molecule has 120 valence electrons. The van der Waals surface area contributed by atoms with Crippen molar-refractivity contribution in [2.45, 2.75) is 32.6 Å². The van der Waals surface area contributed by atoms with E-state index in [2.05, 4.69) is 34.0 Å². The quantitative estimate of drug-likeness (QED) is 0.698. The monoisotopic (exact) mass is 309 g/mol. The first kappa shape index (κ1) is 15.4. The molecule has 3 rings (SSSR count). The topological polar surface area (TPSA) is 53.2 Å². The molecule has 4 nitrogen and oxygen atoms in total. The lowest BCUT2D eigenvalue weighted by Gasteiger charge is -1.98. The summed E-state index contributed by atoms with van der Waals surface area (Å²) in [6.45, 7) is 2.22. The van der Waals surface area contributed by atoms with E-state index in [1.807, 2.05) is 30.5 Å². The Hall–Kier alpha value is -2.49. The largest absolute Gasteiger partial charge is 0.494 e. The summed E-state index contributed by atoms with van der Waals surface area (Å²) in [5, 5.41) is 0. The smallest absolute Gasteiger partial charge is 0.144 e. The van der Waals surface area contributed by atoms with E-state index in [-0.39, 0.29) is 0 Å². The first-order valence-corrected chi connectivity index (χ1v) is 8.18. The van der Waals surface area contributed by atoms with Crippen LogP contribution in [0.25, 0.3) is 17.5 Å². The predicted octanol–water partition coefficient (Wildman–Crippen LogP) is 4.95. The molecule has 0 saturated carbocycles. The van der Waals surface area contributed by atoms with Crippen molar-refractivity contribution in [3.05, 3.63) is 47.9 Å². The third-order valence-corrected chi connectivity index (χ3v) is 3.97. The Morgan fingerprint density at radius 1 is 1.22 bits per heavy atom. The van der Waals surface area contributed by atoms with E-state index in [1.165, 1.54) is 25.0 Å². The first-order valence-electron chi connectivity index (χ1n) is 8.18. The number of nitrogens with one attached hydrogen (secondary N) is 2. The van der Waals surface area contributed by atoms with Crippen molar-refractivity contribution >= 4 is 11.8 Å². The minimum absolute atomic E-state index is 0.824. The van der Waals surface area contributed by atoms with Crippen LogP contribution < -0.4 is 4.74 Å². The summed E-state index contributed by atoms with van der Waals surface area (Å²) in [6, 6.07) is 6.01. The van der Waals surface area contributed by atoms with Crippen LogP contribution >= 0.6 is 0 Å². The van der Waals surface area contributed by atoms with Gasteiger partial charge < -0.3 is 14.7 Å². The summed E-state index contributed by atoms with van der Waals surface area (Å²) < 4.78 is 5.48. The molecule has 1 aliphatic rings. The highest BCUT2D eigenvalue weighted by Crippen LogP contribution is 2.29. The number of H-pyrrole nitrogens is 2. The molecule has 1 aliphatic heterocycles. The number of nitrogens with zero attached hydrogens (tertiary/aromatic N) is 1. The minimum atomic E-state index is 0.824. The Kier molecular flexibility index (Phi) is 4.81. The van der Waals surface area contributed by atoms with Crippen LogP contribution in [0.2, 0.25) is 0 Å². The maximum Gasteiger partial charge on any atom is 0.144 e. The molecule has 0 fully saturated rings. The van der Waals surface area contributed by atoms with Crippen LogP contribution in [0.3, 0.4) is 0 Å². The summed E-state index contributed by atoms with van der Waals surface area (Å²) in [7, 11) is 1.69. The molecule has 0 amide bonds. The number of allylic oxidation sites excluding steroid dienone is 2. The van der Waals surface area contributed by atoms with Crippen LogP contribution in [-0.2, 0) is 0 Å². The Bertz CT molecular complexity index is 733. The van der Waals surface area contributed by atoms with E-state index in [1.54, 1.807) is 7.11 Å². The van der Waals surface area contributed by atoms with Crippen LogP contribution in [0.5, 0.6) is 5.75 Å². The second kappa shape index (κ2) is 7.18. The maximum absolute atomic E-state index is 5.48. The van der Waals surface area contributed by atoms with Crippen molar-refractivity contribution < 1.29 is 4.74 Å². The second-order valence-corrected chi connectivity index (χ2v) is 5.71. The van der Waals surface area contributed by atoms with Gasteiger partial charge in [0.05, 0.1) is 29.9 Å². The summed E-state index contributed by atoms with van der Waals surface area (Å²) >= 11 is 0. The fraction of sp³-hybridized carbons (Fsp3) is 0.316. The number of aliphatic imine (C=N–C) groups is 1. The number of hydrogen-bond donors (Lipinski definition) is 2. The van der Waals surface area contributed by atoms with E-state index in [0.717, 1.165) is 34.9 Å². The third-order valence-electron chi connectivity index (χ3n) is 3.97. The Morgan fingerprint density at radius 3 is 2.87 bits per heavy atom. The molecule has 4 heteroatoms. The molecule has 0 aliphatic carbocycles. The average Bonchev–Trinajstić information content (AvgIpc) is 3.28. The van der Waals surface area contributed by atoms with Gasteiger partial charge in [0.2, 0.25) is 0 Å². The highest BCUT2D eigenvalue weighted by Gasteiger charge is 2.11. The zero-order valence-corrected chi connectivity index (χ0v) is 13.7. The molecule has 2 aromatic rings. The van der Waals surface area contributed by atoms with E-state index < -0.39 is 0 Å². The van der Waals surface area contributed by atoms with E-state index in [0.29, 0.717) is 0 Å². The number of aromatic nitrogens is 2. The molecule has 2 N–H and O–H groups in total. The van der Waals surface area contributed by atoms with Crippen molar-refractivity contribution in [2.24, 2.45) is 4.99 Å². The molecular formula is C19H23N3O. The standard InChI is InChI=1S/C19H23N3O/c1-3-4-5-7-14-9-10-15(21-14)12-18-19(23-2)13-17(22-18)16-8-6-11-20-16/h6,8-13,20,22H,3-5,7H2,1-2H3/b15-12-. The summed E-state index contributed by atoms with van der Waals surface area (Å²) in [6.07, 6.45) is 12.9. The molecule has 3 heterocycles. The van der Waals surface area contributed by atoms with Crippen LogP contribution in [0.4, 0.5) is 0 Å². The normalized spacial score (nSPS) is 15.4. The zero-order valence-electron chi connectivity index (χ0n) is 13.7. The van der Waals surface area contributed by atoms with Crippen LogP contribution in [0, 0.1) is 0 Å². The van der Waals surface area contributed by atoms with Crippen molar-refractivity contribution in [1.29, 1.82) is 0 Å². The zero-order chi connectivity index (χ0) is 16.1. The number of hydrogen-bond acceptors (Lipinski definition) is 2. The van der Waals surface area contributed by atoms with Crippen molar-refractivity contribution in [3.8, 4) is 17.1 Å². The van der Waals surface area contributed by atoms with Gasteiger partial charge in [0.1, 0.15) is 5.75 Å². The summed E-state index contributed by atoms with van der Waals surface area (Å²) in [5.74, 6) is 0.824. The van der Waals surface area contributed by atoms with Gasteiger partial charge in [-0.3, -0.25) is 4.99 Å². The molecule has 0 atom stereocenters. The highest BCUT2D eigenvalue weighted by molar-refractivity contribution is 5.99. The van der Waals surface area contributed by atoms with Gasteiger partial charge in [-0.15, -0.1) is 0 Å². The van der Waals surface area contributed by atoms with Gasteiger partial charge in [-0.05, 0) is 43.2 Å². The van der Waals surface area contributed by atoms with Gasteiger partial charge in [-0.25, -0.2) is 0 Å². The minimum Gasteiger partial charge on any atom is -0.494 e. The summed E-state index contributed by atoms with van der Waals surface area (Å²) in [5.41, 5.74) is 5.12. The molecular weight excluding hydrogens is 286 g/mol. The van der Waals surface area contributed by atoms with Crippen molar-refractivity contribution in [1.82, 2.24) is 9.97 Å². The number of methoxy groups -OCH3 is 1. The molecule has 0 spiro atoms. The maximum atomic E-state index is 5.48. The molecule has 0 aromatic carbocycles. The van der Waals surface area contributed by atoms with Gasteiger partial charge >= 0.3 is 0 Å². The third kappa shape index (κ3) is 3.65.